The van der Waals surface area contributed by atoms with Crippen molar-refractivity contribution < 1.29 is 23.1 Å². The second kappa shape index (κ2) is 9.81. The fourth-order valence-corrected chi connectivity index (χ4v) is 3.97. The number of halogens is 1. The molecule has 0 saturated carbocycles. The molecule has 7 nitrogen and oxygen atoms in total. The third-order valence-corrected chi connectivity index (χ3v) is 5.98. The minimum atomic E-state index is -3.89. The number of aromatic carboxylic acids is 1. The zero-order chi connectivity index (χ0) is 20.7. The number of carbonyl (C=O) groups is 2. The van der Waals surface area contributed by atoms with Gasteiger partial charge in [-0.3, -0.25) is 4.79 Å². The van der Waals surface area contributed by atoms with Crippen molar-refractivity contribution in [2.45, 2.75) is 37.1 Å². The fraction of sp³-hybridized carbons (Fsp3) is 0.263. The molecule has 150 valence electrons. The predicted molar refractivity (Wildman–Crippen MR) is 110 cm³/mol. The predicted octanol–water partition coefficient (Wildman–Crippen LogP) is 3.62. The Morgan fingerprint density at radius 3 is 2.43 bits per heavy atom. The highest BCUT2D eigenvalue weighted by Crippen LogP contribution is 2.17. The van der Waals surface area contributed by atoms with Gasteiger partial charge < -0.3 is 10.4 Å². The van der Waals surface area contributed by atoms with E-state index in [0.29, 0.717) is 12.8 Å². The minimum Gasteiger partial charge on any atom is -0.478 e. The molecule has 2 aromatic carbocycles. The molecule has 0 aliphatic rings. The molecule has 2 aromatic rings. The SMILES string of the molecule is CCCCC(NS(=O)(=O)c1ccc(Br)cc1)C(=O)Nc1cccc(C(=O)O)c1. The van der Waals surface area contributed by atoms with Crippen molar-refractivity contribution in [1.29, 1.82) is 0 Å². The standard InChI is InChI=1S/C19H21BrN2O5S/c1-2-3-7-17(22-28(26,27)16-10-8-14(20)9-11-16)18(23)21-15-6-4-5-13(12-15)19(24)25/h4-6,8-12,17,22H,2-3,7H2,1H3,(H,21,23)(H,24,25). The molecule has 1 amide bonds. The molecule has 9 heteroatoms. The lowest BCUT2D eigenvalue weighted by Gasteiger charge is -2.18. The monoisotopic (exact) mass is 468 g/mol. The van der Waals surface area contributed by atoms with Crippen LogP contribution in [0.5, 0.6) is 0 Å². The van der Waals surface area contributed by atoms with E-state index in [4.69, 9.17) is 5.11 Å². The summed E-state index contributed by atoms with van der Waals surface area (Å²) in [4.78, 5) is 23.8. The van der Waals surface area contributed by atoms with Crippen molar-refractivity contribution in [1.82, 2.24) is 4.72 Å². The molecule has 0 heterocycles. The maximum Gasteiger partial charge on any atom is 0.335 e. The molecule has 0 aliphatic carbocycles. The van der Waals surface area contributed by atoms with Gasteiger partial charge in [-0.15, -0.1) is 0 Å². The first-order valence-corrected chi connectivity index (χ1v) is 10.9. The number of carboxylic acid groups (broad SMARTS) is 1. The number of anilines is 1. The van der Waals surface area contributed by atoms with Crippen molar-refractivity contribution in [2.24, 2.45) is 0 Å². The Morgan fingerprint density at radius 1 is 1.14 bits per heavy atom. The molecule has 0 radical (unpaired) electrons. The van der Waals surface area contributed by atoms with Gasteiger partial charge in [-0.2, -0.15) is 4.72 Å². The minimum absolute atomic E-state index is 0.0263. The lowest BCUT2D eigenvalue weighted by atomic mass is 10.1. The van der Waals surface area contributed by atoms with Gasteiger partial charge in [-0.1, -0.05) is 41.8 Å². The Bertz CT molecular complexity index is 945. The molecule has 1 atom stereocenters. The lowest BCUT2D eigenvalue weighted by Crippen LogP contribution is -2.43. The van der Waals surface area contributed by atoms with E-state index in [1.165, 1.54) is 30.3 Å². The highest BCUT2D eigenvalue weighted by atomic mass is 79.9. The summed E-state index contributed by atoms with van der Waals surface area (Å²) in [5.74, 6) is -1.66. The van der Waals surface area contributed by atoms with Crippen LogP contribution in [0.25, 0.3) is 0 Å². The highest BCUT2D eigenvalue weighted by Gasteiger charge is 2.25. The first-order valence-electron chi connectivity index (χ1n) is 8.65. The van der Waals surface area contributed by atoms with Crippen LogP contribution in [0.1, 0.15) is 36.5 Å². The van der Waals surface area contributed by atoms with Crippen LogP contribution >= 0.6 is 15.9 Å². The smallest absolute Gasteiger partial charge is 0.335 e. The Hall–Kier alpha value is -2.23. The zero-order valence-electron chi connectivity index (χ0n) is 15.2. The van der Waals surface area contributed by atoms with Crippen LogP contribution in [0.3, 0.4) is 0 Å². The molecule has 0 fully saturated rings. The molecule has 0 aliphatic heterocycles. The summed E-state index contributed by atoms with van der Waals surface area (Å²) in [6.07, 6.45) is 1.76. The largest absolute Gasteiger partial charge is 0.478 e. The Balaban J connectivity index is 2.20. The summed E-state index contributed by atoms with van der Waals surface area (Å²) >= 11 is 3.25. The van der Waals surface area contributed by atoms with Gasteiger partial charge in [0, 0.05) is 10.2 Å². The Kier molecular flexibility index (Phi) is 7.73. The number of carbonyl (C=O) groups excluding carboxylic acids is 1. The molecule has 0 saturated heterocycles. The van der Waals surface area contributed by atoms with Crippen LogP contribution < -0.4 is 10.0 Å². The van der Waals surface area contributed by atoms with Crippen molar-refractivity contribution in [3.8, 4) is 0 Å². The first-order chi connectivity index (χ1) is 13.2. The second-order valence-corrected chi connectivity index (χ2v) is 8.77. The van der Waals surface area contributed by atoms with E-state index in [-0.39, 0.29) is 16.1 Å². The molecule has 0 bridgehead atoms. The van der Waals surface area contributed by atoms with E-state index in [9.17, 15) is 18.0 Å². The van der Waals surface area contributed by atoms with Gasteiger partial charge in [0.05, 0.1) is 10.5 Å². The van der Waals surface area contributed by atoms with Gasteiger partial charge >= 0.3 is 5.97 Å². The van der Waals surface area contributed by atoms with Crippen molar-refractivity contribution in [3.63, 3.8) is 0 Å². The van der Waals surface area contributed by atoms with Crippen LogP contribution in [0, 0.1) is 0 Å². The molecule has 0 aromatic heterocycles. The summed E-state index contributed by atoms with van der Waals surface area (Å²) in [6.45, 7) is 1.94. The summed E-state index contributed by atoms with van der Waals surface area (Å²) in [5.41, 5.74) is 0.313. The summed E-state index contributed by atoms with van der Waals surface area (Å²) in [7, 11) is -3.89. The van der Waals surface area contributed by atoms with E-state index < -0.39 is 27.9 Å². The lowest BCUT2D eigenvalue weighted by molar-refractivity contribution is -0.117. The third-order valence-electron chi connectivity index (χ3n) is 3.96. The van der Waals surface area contributed by atoms with Crippen molar-refractivity contribution in [2.75, 3.05) is 5.32 Å². The molecular weight excluding hydrogens is 448 g/mol. The Morgan fingerprint density at radius 2 is 1.82 bits per heavy atom. The molecular formula is C19H21BrN2O5S. The van der Waals surface area contributed by atoms with E-state index >= 15 is 0 Å². The molecule has 3 N–H and O–H groups in total. The summed E-state index contributed by atoms with van der Waals surface area (Å²) in [5, 5.41) is 11.7. The number of hydrogen-bond acceptors (Lipinski definition) is 4. The average molecular weight is 469 g/mol. The van der Waals surface area contributed by atoms with Gasteiger partial charge in [0.1, 0.15) is 6.04 Å². The first kappa shape index (κ1) is 22.1. The van der Waals surface area contributed by atoms with Crippen LogP contribution in [0.2, 0.25) is 0 Å². The number of nitrogens with one attached hydrogen (secondary N) is 2. The molecule has 2 rings (SSSR count). The number of sulfonamides is 1. The topological polar surface area (TPSA) is 113 Å². The quantitative estimate of drug-likeness (QED) is 0.519. The number of hydrogen-bond donors (Lipinski definition) is 3. The second-order valence-electron chi connectivity index (χ2n) is 6.15. The number of carboxylic acids is 1. The highest BCUT2D eigenvalue weighted by molar-refractivity contribution is 9.10. The fourth-order valence-electron chi connectivity index (χ4n) is 2.48. The third kappa shape index (κ3) is 6.15. The number of amides is 1. The van der Waals surface area contributed by atoms with Crippen LogP contribution in [0.15, 0.2) is 57.9 Å². The number of benzene rings is 2. The maximum atomic E-state index is 12.7. The van der Waals surface area contributed by atoms with E-state index in [1.54, 1.807) is 18.2 Å². The number of rotatable bonds is 9. The summed E-state index contributed by atoms with van der Waals surface area (Å²) < 4.78 is 28.5. The van der Waals surface area contributed by atoms with Crippen LogP contribution in [0.4, 0.5) is 5.69 Å². The average Bonchev–Trinajstić information content (AvgIpc) is 2.65. The normalized spacial score (nSPS) is 12.4. The van der Waals surface area contributed by atoms with E-state index in [0.717, 1.165) is 10.9 Å². The molecule has 1 unspecified atom stereocenters. The van der Waals surface area contributed by atoms with Gasteiger partial charge in [0.15, 0.2) is 0 Å². The van der Waals surface area contributed by atoms with E-state index in [2.05, 4.69) is 26.0 Å². The maximum absolute atomic E-state index is 12.7. The van der Waals surface area contributed by atoms with Crippen molar-refractivity contribution in [3.05, 3.63) is 58.6 Å². The van der Waals surface area contributed by atoms with Crippen LogP contribution in [-0.4, -0.2) is 31.4 Å². The van der Waals surface area contributed by atoms with Gasteiger partial charge in [0.2, 0.25) is 15.9 Å². The van der Waals surface area contributed by atoms with Gasteiger partial charge in [-0.05, 0) is 48.9 Å². The summed E-state index contributed by atoms with van der Waals surface area (Å²) in [6, 6.07) is 10.9. The van der Waals surface area contributed by atoms with E-state index in [1.807, 2.05) is 6.92 Å². The number of unbranched alkanes of at least 4 members (excludes halogenated alkanes) is 1. The Labute approximate surface area is 172 Å². The van der Waals surface area contributed by atoms with Crippen LogP contribution in [-0.2, 0) is 14.8 Å². The van der Waals surface area contributed by atoms with Crippen molar-refractivity contribution >= 4 is 43.5 Å². The zero-order valence-corrected chi connectivity index (χ0v) is 17.6. The molecule has 0 spiro atoms. The van der Waals surface area contributed by atoms with Gasteiger partial charge in [-0.25, -0.2) is 13.2 Å². The van der Waals surface area contributed by atoms with Gasteiger partial charge in [0.25, 0.3) is 0 Å². The molecule has 28 heavy (non-hydrogen) atoms.